The molecule has 0 spiro atoms. The Morgan fingerprint density at radius 3 is 2.55 bits per heavy atom. The fourth-order valence-corrected chi connectivity index (χ4v) is 4.13. The first kappa shape index (κ1) is 21.3. The zero-order valence-corrected chi connectivity index (χ0v) is 17.7. The molecule has 3 rings (SSSR count). The van der Waals surface area contributed by atoms with Crippen LogP contribution in [0, 0.1) is 21.4 Å². The number of rotatable bonds is 7. The lowest BCUT2D eigenvalue weighted by Gasteiger charge is -2.41. The maximum absolute atomic E-state index is 13.1. The Morgan fingerprint density at radius 2 is 2.03 bits per heavy atom. The third-order valence-electron chi connectivity index (χ3n) is 5.89. The molecule has 160 valence electrons. The molecule has 1 aromatic heterocycles. The van der Waals surface area contributed by atoms with Gasteiger partial charge in [0.2, 0.25) is 5.82 Å². The highest BCUT2D eigenvalue weighted by Gasteiger charge is 2.36. The van der Waals surface area contributed by atoms with E-state index in [0.717, 1.165) is 25.7 Å². The predicted molar refractivity (Wildman–Crippen MR) is 112 cm³/mol. The fraction of sp³-hybridized carbons (Fsp3) is 0.700. The predicted octanol–water partition coefficient (Wildman–Crippen LogP) is 2.81. The smallest absolute Gasteiger partial charge is 0.312 e. The van der Waals surface area contributed by atoms with Crippen molar-refractivity contribution in [3.05, 3.63) is 21.7 Å². The Hall–Kier alpha value is -2.42. The van der Waals surface area contributed by atoms with Crippen molar-refractivity contribution in [1.82, 2.24) is 10.3 Å². The third-order valence-corrected chi connectivity index (χ3v) is 5.89. The summed E-state index contributed by atoms with van der Waals surface area (Å²) in [5.41, 5.74) is 0.0107. The van der Waals surface area contributed by atoms with Gasteiger partial charge in [-0.2, -0.15) is 0 Å². The van der Waals surface area contributed by atoms with Gasteiger partial charge in [-0.25, -0.2) is 4.98 Å². The molecule has 0 atom stereocenters. The highest BCUT2D eigenvalue weighted by Crippen LogP contribution is 2.33. The summed E-state index contributed by atoms with van der Waals surface area (Å²) < 4.78 is 5.33. The Kier molecular flexibility index (Phi) is 6.26. The molecule has 1 amide bonds. The van der Waals surface area contributed by atoms with Crippen molar-refractivity contribution in [2.24, 2.45) is 11.3 Å². The van der Waals surface area contributed by atoms with Crippen LogP contribution in [0.3, 0.4) is 0 Å². The van der Waals surface area contributed by atoms with Gasteiger partial charge in [0.1, 0.15) is 5.82 Å². The van der Waals surface area contributed by atoms with E-state index in [1.54, 1.807) is 7.05 Å². The van der Waals surface area contributed by atoms with Crippen LogP contribution in [0.25, 0.3) is 0 Å². The summed E-state index contributed by atoms with van der Waals surface area (Å²) in [6.07, 6.45) is 4.01. The molecule has 0 bridgehead atoms. The van der Waals surface area contributed by atoms with Crippen molar-refractivity contribution < 1.29 is 14.5 Å². The molecule has 2 aliphatic rings. The van der Waals surface area contributed by atoms with Crippen molar-refractivity contribution in [3.8, 4) is 0 Å². The first-order chi connectivity index (χ1) is 13.7. The highest BCUT2D eigenvalue weighted by molar-refractivity contribution is 6.00. The molecular weight excluding hydrogens is 374 g/mol. The van der Waals surface area contributed by atoms with Crippen molar-refractivity contribution in [1.29, 1.82) is 0 Å². The Bertz CT molecular complexity index is 772. The quantitative estimate of drug-likeness (QED) is 0.530. The second-order valence-corrected chi connectivity index (χ2v) is 8.82. The van der Waals surface area contributed by atoms with Crippen LogP contribution in [-0.2, 0) is 4.74 Å². The highest BCUT2D eigenvalue weighted by atomic mass is 16.6. The SMILES string of the molecule is CNc1nc(N(C)CC2(C)COC2)c(C(=O)N[C@H]2CC[C@H](C)CC2)cc1[N+](=O)[O-]. The van der Waals surface area contributed by atoms with Gasteiger partial charge in [-0.05, 0) is 31.6 Å². The maximum atomic E-state index is 13.1. The lowest BCUT2D eigenvalue weighted by atomic mass is 9.87. The Balaban J connectivity index is 1.90. The zero-order chi connectivity index (χ0) is 21.2. The maximum Gasteiger partial charge on any atom is 0.312 e. The molecule has 0 unspecified atom stereocenters. The lowest BCUT2D eigenvalue weighted by Crippen LogP contribution is -2.48. The van der Waals surface area contributed by atoms with Crippen LogP contribution in [0.2, 0.25) is 0 Å². The van der Waals surface area contributed by atoms with Gasteiger partial charge >= 0.3 is 5.69 Å². The monoisotopic (exact) mass is 405 g/mol. The van der Waals surface area contributed by atoms with Crippen molar-refractivity contribution in [2.45, 2.75) is 45.6 Å². The number of aromatic nitrogens is 1. The van der Waals surface area contributed by atoms with Gasteiger partial charge in [-0.15, -0.1) is 0 Å². The number of anilines is 2. The number of hydrogen-bond donors (Lipinski definition) is 2. The first-order valence-corrected chi connectivity index (χ1v) is 10.2. The molecule has 2 fully saturated rings. The van der Waals surface area contributed by atoms with E-state index < -0.39 is 4.92 Å². The molecule has 2 N–H and O–H groups in total. The van der Waals surface area contributed by atoms with Crippen LogP contribution < -0.4 is 15.5 Å². The van der Waals surface area contributed by atoms with E-state index in [2.05, 4.69) is 29.5 Å². The van der Waals surface area contributed by atoms with Crippen LogP contribution in [0.4, 0.5) is 17.3 Å². The number of carbonyl (C=O) groups is 1. The number of carbonyl (C=O) groups excluding carboxylic acids is 1. The molecular formula is C20H31N5O4. The number of hydrogen-bond acceptors (Lipinski definition) is 7. The van der Waals surface area contributed by atoms with Crippen molar-refractivity contribution in [2.75, 3.05) is 44.1 Å². The molecule has 2 heterocycles. The lowest BCUT2D eigenvalue weighted by molar-refractivity contribution is -0.384. The molecule has 1 aliphatic carbocycles. The van der Waals surface area contributed by atoms with Gasteiger partial charge in [0.15, 0.2) is 0 Å². The Labute approximate surface area is 171 Å². The summed E-state index contributed by atoms with van der Waals surface area (Å²) in [7, 11) is 3.44. The van der Waals surface area contributed by atoms with Gasteiger partial charge in [-0.3, -0.25) is 14.9 Å². The van der Waals surface area contributed by atoms with Crippen LogP contribution in [0.15, 0.2) is 6.07 Å². The van der Waals surface area contributed by atoms with E-state index >= 15 is 0 Å². The fourth-order valence-electron chi connectivity index (χ4n) is 4.13. The molecule has 1 saturated carbocycles. The van der Waals surface area contributed by atoms with Crippen LogP contribution in [0.1, 0.15) is 49.9 Å². The molecule has 1 aliphatic heterocycles. The van der Waals surface area contributed by atoms with E-state index in [1.807, 2.05) is 11.9 Å². The molecule has 9 nitrogen and oxygen atoms in total. The summed E-state index contributed by atoms with van der Waals surface area (Å²) in [5, 5.41) is 17.4. The zero-order valence-electron chi connectivity index (χ0n) is 17.7. The van der Waals surface area contributed by atoms with E-state index in [4.69, 9.17) is 4.74 Å². The summed E-state index contributed by atoms with van der Waals surface area (Å²) >= 11 is 0. The summed E-state index contributed by atoms with van der Waals surface area (Å²) in [6, 6.07) is 1.43. The second-order valence-electron chi connectivity index (χ2n) is 8.82. The minimum Gasteiger partial charge on any atom is -0.380 e. The first-order valence-electron chi connectivity index (χ1n) is 10.2. The number of pyridine rings is 1. The molecule has 29 heavy (non-hydrogen) atoms. The summed E-state index contributed by atoms with van der Waals surface area (Å²) in [4.78, 5) is 30.4. The van der Waals surface area contributed by atoms with Crippen molar-refractivity contribution >= 4 is 23.2 Å². The largest absolute Gasteiger partial charge is 0.380 e. The number of nitro groups is 1. The molecule has 9 heteroatoms. The minimum absolute atomic E-state index is 0.0226. The van der Waals surface area contributed by atoms with Crippen LogP contribution in [0.5, 0.6) is 0 Å². The number of nitrogens with one attached hydrogen (secondary N) is 2. The van der Waals surface area contributed by atoms with Crippen LogP contribution >= 0.6 is 0 Å². The van der Waals surface area contributed by atoms with Gasteiger partial charge in [0.05, 0.1) is 23.7 Å². The minimum atomic E-state index is -0.511. The van der Waals surface area contributed by atoms with Gasteiger partial charge < -0.3 is 20.3 Å². The summed E-state index contributed by atoms with van der Waals surface area (Å²) in [6.45, 7) is 6.26. The van der Waals surface area contributed by atoms with Gasteiger partial charge in [0, 0.05) is 38.2 Å². The van der Waals surface area contributed by atoms with Gasteiger partial charge in [-0.1, -0.05) is 13.8 Å². The molecule has 0 radical (unpaired) electrons. The number of amides is 1. The number of nitrogens with zero attached hydrogens (tertiary/aromatic N) is 3. The molecule has 1 saturated heterocycles. The molecule has 1 aromatic rings. The van der Waals surface area contributed by atoms with Crippen LogP contribution in [-0.4, -0.2) is 55.7 Å². The van der Waals surface area contributed by atoms with E-state index in [-0.39, 0.29) is 34.4 Å². The van der Waals surface area contributed by atoms with E-state index in [9.17, 15) is 14.9 Å². The normalized spacial score (nSPS) is 23.0. The topological polar surface area (TPSA) is 110 Å². The average Bonchev–Trinajstić information content (AvgIpc) is 2.67. The molecule has 0 aromatic carbocycles. The van der Waals surface area contributed by atoms with Crippen molar-refractivity contribution in [3.63, 3.8) is 0 Å². The summed E-state index contributed by atoms with van der Waals surface area (Å²) in [5.74, 6) is 0.956. The standard InChI is InChI=1S/C20H31N5O4/c1-13-5-7-14(8-6-13)22-19(26)15-9-16(25(27)28)17(21-3)23-18(15)24(4)10-20(2)11-29-12-20/h9,13-14H,5-8,10-12H2,1-4H3,(H,21,23)(H,22,26)/t13-,14-. The van der Waals surface area contributed by atoms with Gasteiger partial charge in [0.25, 0.3) is 5.91 Å². The Morgan fingerprint density at radius 1 is 1.38 bits per heavy atom. The second kappa shape index (κ2) is 8.52. The number of ether oxygens (including phenoxy) is 1. The average molecular weight is 405 g/mol. The van der Waals surface area contributed by atoms with E-state index in [1.165, 1.54) is 6.07 Å². The van der Waals surface area contributed by atoms with E-state index in [0.29, 0.717) is 31.5 Å². The third kappa shape index (κ3) is 4.77.